The number of anilines is 1. The second-order valence-electron chi connectivity index (χ2n) is 6.06. The first-order valence-electron chi connectivity index (χ1n) is 8.13. The molecule has 0 bridgehead atoms. The monoisotopic (exact) mass is 379 g/mol. The zero-order chi connectivity index (χ0) is 19.3. The largest absolute Gasteiger partial charge is 0.494 e. The van der Waals surface area contributed by atoms with Crippen LogP contribution >= 0.6 is 0 Å². The summed E-state index contributed by atoms with van der Waals surface area (Å²) in [6.07, 6.45) is 1.80. The van der Waals surface area contributed by atoms with Crippen LogP contribution in [0.2, 0.25) is 0 Å². The van der Waals surface area contributed by atoms with E-state index in [4.69, 9.17) is 4.74 Å². The van der Waals surface area contributed by atoms with Crippen molar-refractivity contribution in [3.05, 3.63) is 53.8 Å². The van der Waals surface area contributed by atoms with Gasteiger partial charge >= 0.3 is 0 Å². The quantitative estimate of drug-likeness (QED) is 0.520. The molecule has 7 heteroatoms. The Hall–Kier alpha value is -2.41. The molecule has 0 N–H and O–H groups in total. The van der Waals surface area contributed by atoms with Crippen LogP contribution in [0.25, 0.3) is 0 Å². The first-order valence-corrected chi connectivity index (χ1v) is 10.0. The van der Waals surface area contributed by atoms with Crippen molar-refractivity contribution >= 4 is 21.3 Å². The molecule has 2 aromatic carbocycles. The van der Waals surface area contributed by atoms with Crippen LogP contribution in [-0.4, -0.2) is 40.7 Å². The predicted octanol–water partition coefficient (Wildman–Crippen LogP) is 3.34. The molecule has 0 heterocycles. The van der Waals surface area contributed by atoms with E-state index in [0.29, 0.717) is 31.0 Å². The summed E-state index contributed by atoms with van der Waals surface area (Å²) in [5.41, 5.74) is 0.641. The van der Waals surface area contributed by atoms with Crippen molar-refractivity contribution < 1.29 is 22.3 Å². The summed E-state index contributed by atoms with van der Waals surface area (Å²) < 4.78 is 42.3. The number of nitrogens with zero attached hydrogens (tertiary/aromatic N) is 1. The number of rotatable bonds is 8. The fraction of sp³-hybridized carbons (Fsp3) is 0.316. The highest BCUT2D eigenvalue weighted by Gasteiger charge is 2.15. The van der Waals surface area contributed by atoms with E-state index >= 15 is 0 Å². The molecule has 0 aliphatic heterocycles. The van der Waals surface area contributed by atoms with Gasteiger partial charge in [-0.3, -0.25) is 4.79 Å². The molecule has 0 amide bonds. The molecule has 0 unspecified atom stereocenters. The van der Waals surface area contributed by atoms with Crippen LogP contribution in [0.1, 0.15) is 23.7 Å². The molecular weight excluding hydrogens is 357 g/mol. The number of sulfone groups is 1. The maximum Gasteiger partial charge on any atom is 0.175 e. The summed E-state index contributed by atoms with van der Waals surface area (Å²) in [5, 5.41) is 0. The lowest BCUT2D eigenvalue weighted by Crippen LogP contribution is -2.23. The van der Waals surface area contributed by atoms with Gasteiger partial charge in [-0.2, -0.15) is 0 Å². The van der Waals surface area contributed by atoms with E-state index < -0.39 is 15.7 Å². The fourth-order valence-corrected chi connectivity index (χ4v) is 3.21. The number of benzene rings is 2. The van der Waals surface area contributed by atoms with E-state index in [-0.39, 0.29) is 16.2 Å². The molecule has 0 aliphatic rings. The fourth-order valence-electron chi connectivity index (χ4n) is 2.57. The van der Waals surface area contributed by atoms with Gasteiger partial charge in [0, 0.05) is 19.8 Å². The summed E-state index contributed by atoms with van der Waals surface area (Å²) in [6.45, 7) is 2.33. The Balaban J connectivity index is 1.91. The van der Waals surface area contributed by atoms with E-state index in [1.807, 2.05) is 4.90 Å². The molecule has 140 valence electrons. The summed E-state index contributed by atoms with van der Waals surface area (Å²) >= 11 is 0. The van der Waals surface area contributed by atoms with Crippen molar-refractivity contribution in [2.75, 3.05) is 31.4 Å². The lowest BCUT2D eigenvalue weighted by atomic mass is 10.1. The van der Waals surface area contributed by atoms with E-state index in [2.05, 4.69) is 0 Å². The molecule has 0 atom stereocenters. The van der Waals surface area contributed by atoms with Gasteiger partial charge in [-0.1, -0.05) is 6.07 Å². The van der Waals surface area contributed by atoms with Gasteiger partial charge in [0.2, 0.25) is 0 Å². The van der Waals surface area contributed by atoms with Gasteiger partial charge in [-0.25, -0.2) is 12.8 Å². The highest BCUT2D eigenvalue weighted by atomic mass is 32.2. The van der Waals surface area contributed by atoms with Gasteiger partial charge in [0.15, 0.2) is 15.6 Å². The number of hydrogen-bond donors (Lipinski definition) is 0. The van der Waals surface area contributed by atoms with Crippen LogP contribution in [0.15, 0.2) is 47.4 Å². The second kappa shape index (κ2) is 8.31. The number of carbonyl (C=O) groups excluding carboxylic acids is 1. The van der Waals surface area contributed by atoms with Crippen LogP contribution < -0.4 is 9.64 Å². The smallest absolute Gasteiger partial charge is 0.175 e. The summed E-state index contributed by atoms with van der Waals surface area (Å²) in [7, 11) is -1.43. The van der Waals surface area contributed by atoms with Gasteiger partial charge in [-0.05, 0) is 49.7 Å². The molecule has 0 fully saturated rings. The standard InChI is InChI=1S/C19H22FNO4S/c1-14(22)19-17(20)6-4-7-18(19)21(2)12-5-13-25-15-8-10-16(11-9-15)26(3,23)24/h4,6-11H,5,12-13H2,1-3H3. The third kappa shape index (κ3) is 5.05. The van der Waals surface area contributed by atoms with Gasteiger partial charge < -0.3 is 9.64 Å². The molecule has 5 nitrogen and oxygen atoms in total. The van der Waals surface area contributed by atoms with Crippen molar-refractivity contribution in [3.8, 4) is 5.75 Å². The van der Waals surface area contributed by atoms with Crippen LogP contribution in [-0.2, 0) is 9.84 Å². The van der Waals surface area contributed by atoms with Crippen molar-refractivity contribution in [2.24, 2.45) is 0 Å². The van der Waals surface area contributed by atoms with Crippen molar-refractivity contribution in [2.45, 2.75) is 18.2 Å². The first-order chi connectivity index (χ1) is 12.2. The van der Waals surface area contributed by atoms with E-state index in [1.165, 1.54) is 25.1 Å². The summed E-state index contributed by atoms with van der Waals surface area (Å²) in [5.74, 6) is -0.258. The van der Waals surface area contributed by atoms with Crippen LogP contribution in [0, 0.1) is 5.82 Å². The minimum absolute atomic E-state index is 0.0901. The van der Waals surface area contributed by atoms with E-state index in [0.717, 1.165) is 6.26 Å². The van der Waals surface area contributed by atoms with Crippen molar-refractivity contribution in [1.29, 1.82) is 0 Å². The summed E-state index contributed by atoms with van der Waals surface area (Å²) in [4.78, 5) is 13.7. The Morgan fingerprint density at radius 2 is 1.81 bits per heavy atom. The number of halogens is 1. The lowest BCUT2D eigenvalue weighted by molar-refractivity contribution is 0.101. The molecule has 2 aromatic rings. The second-order valence-corrected chi connectivity index (χ2v) is 8.07. The lowest BCUT2D eigenvalue weighted by Gasteiger charge is -2.22. The Morgan fingerprint density at radius 3 is 2.38 bits per heavy atom. The Morgan fingerprint density at radius 1 is 1.15 bits per heavy atom. The number of carbonyl (C=O) groups is 1. The Bertz CT molecular complexity index is 879. The third-order valence-electron chi connectivity index (χ3n) is 3.91. The average Bonchev–Trinajstić information content (AvgIpc) is 2.57. The molecule has 0 aliphatic carbocycles. The van der Waals surface area contributed by atoms with Crippen LogP contribution in [0.3, 0.4) is 0 Å². The van der Waals surface area contributed by atoms with Crippen molar-refractivity contribution in [3.63, 3.8) is 0 Å². The number of Topliss-reactive ketones (excluding diaryl/α,β-unsaturated/α-hetero) is 1. The van der Waals surface area contributed by atoms with Gasteiger partial charge in [0.05, 0.1) is 22.8 Å². The molecule has 0 saturated heterocycles. The number of ketones is 1. The van der Waals surface area contributed by atoms with Gasteiger partial charge in [0.25, 0.3) is 0 Å². The van der Waals surface area contributed by atoms with Crippen molar-refractivity contribution in [1.82, 2.24) is 0 Å². The topological polar surface area (TPSA) is 63.7 Å². The van der Waals surface area contributed by atoms with Crippen LogP contribution in [0.5, 0.6) is 5.75 Å². The average molecular weight is 379 g/mol. The molecule has 0 radical (unpaired) electrons. The van der Waals surface area contributed by atoms with Crippen LogP contribution in [0.4, 0.5) is 10.1 Å². The highest BCUT2D eigenvalue weighted by molar-refractivity contribution is 7.90. The zero-order valence-corrected chi connectivity index (χ0v) is 15.8. The van der Waals surface area contributed by atoms with E-state index in [1.54, 1.807) is 31.3 Å². The maximum absolute atomic E-state index is 13.9. The summed E-state index contributed by atoms with van der Waals surface area (Å²) in [6, 6.07) is 10.8. The molecular formula is C19H22FNO4S. The SMILES string of the molecule is CC(=O)c1c(F)cccc1N(C)CCCOc1ccc(S(C)(=O)=O)cc1. The third-order valence-corrected chi connectivity index (χ3v) is 5.04. The molecule has 0 aromatic heterocycles. The van der Waals surface area contributed by atoms with E-state index in [9.17, 15) is 17.6 Å². The zero-order valence-electron chi connectivity index (χ0n) is 15.0. The first kappa shape index (κ1) is 19.9. The highest BCUT2D eigenvalue weighted by Crippen LogP contribution is 2.23. The predicted molar refractivity (Wildman–Crippen MR) is 99.3 cm³/mol. The molecule has 26 heavy (non-hydrogen) atoms. The van der Waals surface area contributed by atoms with Gasteiger partial charge in [0.1, 0.15) is 11.6 Å². The maximum atomic E-state index is 13.9. The Labute approximate surface area is 153 Å². The Kier molecular flexibility index (Phi) is 6.37. The molecule has 0 spiro atoms. The minimum atomic E-state index is -3.22. The normalized spacial score (nSPS) is 11.2. The molecule has 0 saturated carbocycles. The number of hydrogen-bond acceptors (Lipinski definition) is 5. The van der Waals surface area contributed by atoms with Gasteiger partial charge in [-0.15, -0.1) is 0 Å². The molecule has 2 rings (SSSR count). The minimum Gasteiger partial charge on any atom is -0.494 e. The number of ether oxygens (including phenoxy) is 1.